The molecule has 0 radical (unpaired) electrons. The van der Waals surface area contributed by atoms with Gasteiger partial charge in [-0.2, -0.15) is 0 Å². The van der Waals surface area contributed by atoms with Gasteiger partial charge in [0.2, 0.25) is 0 Å². The molecule has 0 bridgehead atoms. The molecule has 0 aromatic heterocycles. The van der Waals surface area contributed by atoms with Crippen LogP contribution in [0.25, 0.3) is 0 Å². The van der Waals surface area contributed by atoms with Crippen LogP contribution in [0.2, 0.25) is 0 Å². The SMILES string of the molecule is CC(C)O[Si](O)(O)O. The lowest BCUT2D eigenvalue weighted by atomic mass is 10.5. The van der Waals surface area contributed by atoms with E-state index in [0.717, 1.165) is 0 Å². The van der Waals surface area contributed by atoms with Gasteiger partial charge in [-0.3, -0.25) is 0 Å². The van der Waals surface area contributed by atoms with Crippen molar-refractivity contribution in [2.75, 3.05) is 0 Å². The molecule has 0 aromatic carbocycles. The molecule has 0 spiro atoms. The monoisotopic (exact) mass is 138 g/mol. The van der Waals surface area contributed by atoms with Gasteiger partial charge in [-0.1, -0.05) is 0 Å². The molecule has 8 heavy (non-hydrogen) atoms. The van der Waals surface area contributed by atoms with Gasteiger partial charge in [0, 0.05) is 6.10 Å². The molecule has 0 aliphatic carbocycles. The lowest BCUT2D eigenvalue weighted by molar-refractivity contribution is 0.0367. The average molecular weight is 138 g/mol. The van der Waals surface area contributed by atoms with Crippen LogP contribution in [-0.4, -0.2) is 29.5 Å². The van der Waals surface area contributed by atoms with Crippen LogP contribution in [0.3, 0.4) is 0 Å². The summed E-state index contributed by atoms with van der Waals surface area (Å²) in [7, 11) is -4.22. The first-order valence-electron chi connectivity index (χ1n) is 2.27. The topological polar surface area (TPSA) is 69.9 Å². The van der Waals surface area contributed by atoms with Crippen LogP contribution in [0.1, 0.15) is 13.8 Å². The standard InChI is InChI=1S/C3H10O4Si/c1-3(2)7-8(4,5)6/h3-6H,1-2H3. The predicted octanol–water partition coefficient (Wildman–Crippen LogP) is -1.18. The summed E-state index contributed by atoms with van der Waals surface area (Å²) >= 11 is 0. The Bertz CT molecular complexity index is 66.2. The second-order valence-corrected chi connectivity index (χ2v) is 3.12. The van der Waals surface area contributed by atoms with Gasteiger partial charge >= 0.3 is 9.05 Å². The Hall–Kier alpha value is 0.0569. The highest BCUT2D eigenvalue weighted by atomic mass is 28.4. The van der Waals surface area contributed by atoms with Crippen molar-refractivity contribution in [1.29, 1.82) is 0 Å². The van der Waals surface area contributed by atoms with E-state index in [9.17, 15) is 0 Å². The molecule has 0 rings (SSSR count). The number of rotatable bonds is 2. The minimum absolute atomic E-state index is 0.346. The van der Waals surface area contributed by atoms with Crippen molar-refractivity contribution in [2.24, 2.45) is 0 Å². The van der Waals surface area contributed by atoms with E-state index in [4.69, 9.17) is 14.4 Å². The Morgan fingerprint density at radius 3 is 1.62 bits per heavy atom. The smallest absolute Gasteiger partial charge is 0.368 e. The molecule has 0 aliphatic heterocycles. The van der Waals surface area contributed by atoms with Gasteiger partial charge in [0.15, 0.2) is 0 Å². The third-order valence-corrected chi connectivity index (χ3v) is 1.18. The molecule has 0 aromatic rings. The van der Waals surface area contributed by atoms with Crippen molar-refractivity contribution >= 4 is 9.05 Å². The zero-order chi connectivity index (χ0) is 6.78. The van der Waals surface area contributed by atoms with E-state index in [-0.39, 0.29) is 6.10 Å². The van der Waals surface area contributed by atoms with Crippen LogP contribution in [0.4, 0.5) is 0 Å². The van der Waals surface area contributed by atoms with E-state index in [0.29, 0.717) is 0 Å². The van der Waals surface area contributed by atoms with Crippen LogP contribution in [0, 0.1) is 0 Å². The van der Waals surface area contributed by atoms with Crippen molar-refractivity contribution in [3.8, 4) is 0 Å². The fraction of sp³-hybridized carbons (Fsp3) is 1.00. The number of hydrogen-bond acceptors (Lipinski definition) is 4. The molecule has 0 aliphatic rings. The summed E-state index contributed by atoms with van der Waals surface area (Å²) in [5, 5.41) is 0. The van der Waals surface area contributed by atoms with E-state index < -0.39 is 9.05 Å². The van der Waals surface area contributed by atoms with Crippen LogP contribution in [0.15, 0.2) is 0 Å². The second kappa shape index (κ2) is 2.56. The van der Waals surface area contributed by atoms with E-state index in [1.54, 1.807) is 13.8 Å². The molecule has 4 nitrogen and oxygen atoms in total. The first-order valence-corrected chi connectivity index (χ1v) is 4.02. The highest BCUT2D eigenvalue weighted by Gasteiger charge is 2.31. The summed E-state index contributed by atoms with van der Waals surface area (Å²) in [5.41, 5.74) is 0. The molecule has 0 atom stereocenters. The summed E-state index contributed by atoms with van der Waals surface area (Å²) in [6.07, 6.45) is -0.346. The van der Waals surface area contributed by atoms with E-state index in [2.05, 4.69) is 4.43 Å². The molecule has 0 heterocycles. The first-order chi connectivity index (χ1) is 3.42. The first kappa shape index (κ1) is 8.06. The highest BCUT2D eigenvalue weighted by Crippen LogP contribution is 1.94. The summed E-state index contributed by atoms with van der Waals surface area (Å²) in [4.78, 5) is 24.6. The average Bonchev–Trinajstić information content (AvgIpc) is 1.21. The largest absolute Gasteiger partial charge is 0.671 e. The molecule has 0 amide bonds. The quantitative estimate of drug-likeness (QED) is 0.420. The Morgan fingerprint density at radius 2 is 1.62 bits per heavy atom. The Kier molecular flexibility index (Phi) is 2.58. The lowest BCUT2D eigenvalue weighted by Crippen LogP contribution is -2.41. The summed E-state index contributed by atoms with van der Waals surface area (Å²) in [6.45, 7) is 3.20. The fourth-order valence-corrected chi connectivity index (χ4v) is 0.949. The Labute approximate surface area is 48.8 Å². The molecular formula is C3H10O4Si. The molecule has 3 N–H and O–H groups in total. The maximum absolute atomic E-state index is 8.22. The Morgan fingerprint density at radius 1 is 1.25 bits per heavy atom. The highest BCUT2D eigenvalue weighted by molar-refractivity contribution is 6.48. The fourth-order valence-electron chi connectivity index (χ4n) is 0.316. The summed E-state index contributed by atoms with van der Waals surface area (Å²) < 4.78 is 4.24. The van der Waals surface area contributed by atoms with Gasteiger partial charge in [-0.25, -0.2) is 0 Å². The molecule has 50 valence electrons. The van der Waals surface area contributed by atoms with Crippen LogP contribution in [-0.2, 0) is 4.43 Å². The van der Waals surface area contributed by atoms with E-state index in [1.165, 1.54) is 0 Å². The maximum atomic E-state index is 8.22. The van der Waals surface area contributed by atoms with Crippen molar-refractivity contribution in [1.82, 2.24) is 0 Å². The molecule has 0 saturated carbocycles. The van der Waals surface area contributed by atoms with Crippen LogP contribution < -0.4 is 0 Å². The zero-order valence-corrected chi connectivity index (χ0v) is 5.83. The van der Waals surface area contributed by atoms with E-state index in [1.807, 2.05) is 0 Å². The van der Waals surface area contributed by atoms with Gasteiger partial charge in [0.1, 0.15) is 0 Å². The minimum atomic E-state index is -4.22. The molecule has 0 fully saturated rings. The van der Waals surface area contributed by atoms with Crippen molar-refractivity contribution < 1.29 is 18.8 Å². The maximum Gasteiger partial charge on any atom is 0.671 e. The Balaban J connectivity index is 3.39. The van der Waals surface area contributed by atoms with Crippen LogP contribution >= 0.6 is 0 Å². The summed E-state index contributed by atoms with van der Waals surface area (Å²) in [6, 6.07) is 0. The second-order valence-electron chi connectivity index (χ2n) is 1.74. The third kappa shape index (κ3) is 6.06. The third-order valence-electron chi connectivity index (χ3n) is 0.394. The van der Waals surface area contributed by atoms with Crippen molar-refractivity contribution in [3.05, 3.63) is 0 Å². The van der Waals surface area contributed by atoms with Crippen molar-refractivity contribution in [3.63, 3.8) is 0 Å². The molecular weight excluding hydrogens is 128 g/mol. The predicted molar refractivity (Wildman–Crippen MR) is 28.6 cm³/mol. The van der Waals surface area contributed by atoms with Gasteiger partial charge in [0.05, 0.1) is 0 Å². The molecule has 0 unspecified atom stereocenters. The van der Waals surface area contributed by atoms with Crippen LogP contribution in [0.5, 0.6) is 0 Å². The zero-order valence-electron chi connectivity index (χ0n) is 4.83. The van der Waals surface area contributed by atoms with Gasteiger partial charge < -0.3 is 18.8 Å². The molecule has 5 heteroatoms. The normalized spacial score (nSPS) is 12.8. The van der Waals surface area contributed by atoms with Gasteiger partial charge in [-0.05, 0) is 13.8 Å². The molecule has 0 saturated heterocycles. The van der Waals surface area contributed by atoms with Crippen molar-refractivity contribution in [2.45, 2.75) is 20.0 Å². The number of hydrogen-bond donors (Lipinski definition) is 3. The van der Waals surface area contributed by atoms with Gasteiger partial charge in [-0.15, -0.1) is 0 Å². The van der Waals surface area contributed by atoms with Gasteiger partial charge in [0.25, 0.3) is 0 Å². The minimum Gasteiger partial charge on any atom is -0.368 e. The van der Waals surface area contributed by atoms with E-state index >= 15 is 0 Å². The lowest BCUT2D eigenvalue weighted by Gasteiger charge is -2.11. The summed E-state index contributed by atoms with van der Waals surface area (Å²) in [5.74, 6) is 0.